The molecule has 19 heavy (non-hydrogen) atoms. The molecule has 1 amide bonds. The molecule has 0 heterocycles. The number of nitrogens with one attached hydrogen (secondary N) is 1. The van der Waals surface area contributed by atoms with Crippen LogP contribution in [0.15, 0.2) is 24.3 Å². The number of hydrogen-bond donors (Lipinski definition) is 2. The highest BCUT2D eigenvalue weighted by Crippen LogP contribution is 2.31. The van der Waals surface area contributed by atoms with E-state index < -0.39 is 0 Å². The minimum absolute atomic E-state index is 0.167. The van der Waals surface area contributed by atoms with Crippen LogP contribution in [0, 0.1) is 11.7 Å². The van der Waals surface area contributed by atoms with E-state index >= 15 is 0 Å². The number of amides is 1. The Morgan fingerprint density at radius 3 is 2.74 bits per heavy atom. The third-order valence-electron chi connectivity index (χ3n) is 3.97. The first-order valence-electron chi connectivity index (χ1n) is 6.83. The van der Waals surface area contributed by atoms with Crippen LogP contribution in [0.25, 0.3) is 0 Å². The van der Waals surface area contributed by atoms with Gasteiger partial charge in [0.15, 0.2) is 0 Å². The molecule has 1 aliphatic rings. The van der Waals surface area contributed by atoms with Crippen molar-refractivity contribution in [3.05, 3.63) is 35.6 Å². The molecule has 104 valence electrons. The van der Waals surface area contributed by atoms with Gasteiger partial charge >= 0.3 is 0 Å². The van der Waals surface area contributed by atoms with E-state index in [-0.39, 0.29) is 17.3 Å². The standard InChI is InChI=1S/C15H21FN2O/c1-11-3-2-8-15(9-11,10-17)18-14(19)12-4-6-13(16)7-5-12/h4-7,11H,2-3,8-10,17H2,1H3,(H,18,19). The second-order valence-corrected chi connectivity index (χ2v) is 5.65. The fourth-order valence-electron chi connectivity index (χ4n) is 2.92. The summed E-state index contributed by atoms with van der Waals surface area (Å²) < 4.78 is 12.8. The van der Waals surface area contributed by atoms with Crippen molar-refractivity contribution in [2.75, 3.05) is 6.54 Å². The van der Waals surface area contributed by atoms with Crippen molar-refractivity contribution in [1.29, 1.82) is 0 Å². The molecular formula is C15H21FN2O. The van der Waals surface area contributed by atoms with Crippen LogP contribution in [-0.4, -0.2) is 18.0 Å². The first kappa shape index (κ1) is 14.0. The Morgan fingerprint density at radius 1 is 1.47 bits per heavy atom. The molecule has 1 saturated carbocycles. The van der Waals surface area contributed by atoms with Crippen LogP contribution in [0.5, 0.6) is 0 Å². The molecular weight excluding hydrogens is 243 g/mol. The highest BCUT2D eigenvalue weighted by molar-refractivity contribution is 5.94. The van der Waals surface area contributed by atoms with Gasteiger partial charge in [-0.1, -0.05) is 19.8 Å². The average molecular weight is 264 g/mol. The SMILES string of the molecule is CC1CCCC(CN)(NC(=O)c2ccc(F)cc2)C1. The smallest absolute Gasteiger partial charge is 0.251 e. The van der Waals surface area contributed by atoms with Crippen LogP contribution < -0.4 is 11.1 Å². The van der Waals surface area contributed by atoms with Crippen molar-refractivity contribution < 1.29 is 9.18 Å². The van der Waals surface area contributed by atoms with E-state index in [0.717, 1.165) is 19.3 Å². The number of carbonyl (C=O) groups excluding carboxylic acids is 1. The number of hydrogen-bond acceptors (Lipinski definition) is 2. The van der Waals surface area contributed by atoms with Gasteiger partial charge in [-0.25, -0.2) is 4.39 Å². The summed E-state index contributed by atoms with van der Waals surface area (Å²) in [4.78, 5) is 12.2. The minimum Gasteiger partial charge on any atom is -0.345 e. The lowest BCUT2D eigenvalue weighted by Crippen LogP contribution is -2.56. The predicted molar refractivity (Wildman–Crippen MR) is 73.3 cm³/mol. The zero-order valence-electron chi connectivity index (χ0n) is 11.3. The van der Waals surface area contributed by atoms with E-state index in [1.807, 2.05) is 0 Å². The number of benzene rings is 1. The van der Waals surface area contributed by atoms with Crippen LogP contribution in [0.3, 0.4) is 0 Å². The van der Waals surface area contributed by atoms with E-state index in [4.69, 9.17) is 5.73 Å². The van der Waals surface area contributed by atoms with Gasteiger partial charge in [0.2, 0.25) is 0 Å². The summed E-state index contributed by atoms with van der Waals surface area (Å²) in [5.74, 6) is 0.0711. The molecule has 1 aliphatic carbocycles. The molecule has 0 aliphatic heterocycles. The molecule has 1 aromatic rings. The number of halogens is 1. The largest absolute Gasteiger partial charge is 0.345 e. The zero-order chi connectivity index (χ0) is 13.9. The lowest BCUT2D eigenvalue weighted by atomic mass is 9.76. The maximum absolute atomic E-state index is 12.8. The Morgan fingerprint density at radius 2 is 2.16 bits per heavy atom. The van der Waals surface area contributed by atoms with Crippen molar-refractivity contribution in [3.63, 3.8) is 0 Å². The molecule has 1 aromatic carbocycles. The third-order valence-corrected chi connectivity index (χ3v) is 3.97. The van der Waals surface area contributed by atoms with Crippen LogP contribution in [0.1, 0.15) is 43.0 Å². The Bertz CT molecular complexity index is 446. The molecule has 2 unspecified atom stereocenters. The summed E-state index contributed by atoms with van der Waals surface area (Å²) in [5, 5.41) is 3.06. The molecule has 2 atom stereocenters. The summed E-state index contributed by atoms with van der Waals surface area (Å²) in [6.45, 7) is 2.64. The summed E-state index contributed by atoms with van der Waals surface area (Å²) in [7, 11) is 0. The normalized spacial score (nSPS) is 27.0. The quantitative estimate of drug-likeness (QED) is 0.881. The van der Waals surface area contributed by atoms with Gasteiger partial charge < -0.3 is 11.1 Å². The van der Waals surface area contributed by atoms with Crippen molar-refractivity contribution in [2.24, 2.45) is 11.7 Å². The van der Waals surface area contributed by atoms with Gasteiger partial charge in [-0.05, 0) is 43.0 Å². The Hall–Kier alpha value is -1.42. The molecule has 0 saturated heterocycles. The molecule has 0 radical (unpaired) electrons. The second-order valence-electron chi connectivity index (χ2n) is 5.65. The lowest BCUT2D eigenvalue weighted by Gasteiger charge is -2.40. The van der Waals surface area contributed by atoms with Crippen molar-refractivity contribution in [3.8, 4) is 0 Å². The molecule has 2 rings (SSSR count). The molecule has 3 N–H and O–H groups in total. The first-order valence-corrected chi connectivity index (χ1v) is 6.83. The van der Waals surface area contributed by atoms with E-state index in [2.05, 4.69) is 12.2 Å². The van der Waals surface area contributed by atoms with Gasteiger partial charge in [0, 0.05) is 12.1 Å². The number of rotatable bonds is 3. The lowest BCUT2D eigenvalue weighted by molar-refractivity contribution is 0.0854. The summed E-state index contributed by atoms with van der Waals surface area (Å²) >= 11 is 0. The fourth-order valence-corrected chi connectivity index (χ4v) is 2.92. The number of carbonyl (C=O) groups is 1. The Labute approximate surface area is 113 Å². The van der Waals surface area contributed by atoms with Crippen LogP contribution in [0.2, 0.25) is 0 Å². The van der Waals surface area contributed by atoms with E-state index in [9.17, 15) is 9.18 Å². The fraction of sp³-hybridized carbons (Fsp3) is 0.533. The van der Waals surface area contributed by atoms with E-state index in [1.54, 1.807) is 0 Å². The van der Waals surface area contributed by atoms with Gasteiger partial charge in [0.1, 0.15) is 5.82 Å². The van der Waals surface area contributed by atoms with Crippen molar-refractivity contribution >= 4 is 5.91 Å². The highest BCUT2D eigenvalue weighted by Gasteiger charge is 2.35. The molecule has 0 bridgehead atoms. The number of nitrogens with two attached hydrogens (primary N) is 1. The van der Waals surface area contributed by atoms with E-state index in [1.165, 1.54) is 30.7 Å². The molecule has 0 spiro atoms. The first-order chi connectivity index (χ1) is 9.04. The van der Waals surface area contributed by atoms with Crippen LogP contribution in [0.4, 0.5) is 4.39 Å². The average Bonchev–Trinajstić information content (AvgIpc) is 2.39. The minimum atomic E-state index is -0.337. The second kappa shape index (κ2) is 5.70. The van der Waals surface area contributed by atoms with Gasteiger partial charge in [-0.15, -0.1) is 0 Å². The molecule has 0 aromatic heterocycles. The van der Waals surface area contributed by atoms with Crippen molar-refractivity contribution in [2.45, 2.75) is 38.1 Å². The van der Waals surface area contributed by atoms with E-state index in [0.29, 0.717) is 18.0 Å². The van der Waals surface area contributed by atoms with Gasteiger partial charge in [0.05, 0.1) is 5.54 Å². The summed E-state index contributed by atoms with van der Waals surface area (Å²) in [6.07, 6.45) is 4.10. The predicted octanol–water partition coefficient (Wildman–Crippen LogP) is 2.46. The summed E-state index contributed by atoms with van der Waals surface area (Å²) in [5.41, 5.74) is 6.05. The molecule has 3 nitrogen and oxygen atoms in total. The molecule has 4 heteroatoms. The monoisotopic (exact) mass is 264 g/mol. The van der Waals surface area contributed by atoms with Gasteiger partial charge in [-0.2, -0.15) is 0 Å². The van der Waals surface area contributed by atoms with Crippen molar-refractivity contribution in [1.82, 2.24) is 5.32 Å². The van der Waals surface area contributed by atoms with Gasteiger partial charge in [0.25, 0.3) is 5.91 Å². The topological polar surface area (TPSA) is 55.1 Å². The maximum Gasteiger partial charge on any atom is 0.251 e. The Kier molecular flexibility index (Phi) is 4.20. The summed E-state index contributed by atoms with van der Waals surface area (Å²) in [6, 6.07) is 5.60. The highest BCUT2D eigenvalue weighted by atomic mass is 19.1. The van der Waals surface area contributed by atoms with Crippen LogP contribution >= 0.6 is 0 Å². The van der Waals surface area contributed by atoms with Crippen LogP contribution in [-0.2, 0) is 0 Å². The van der Waals surface area contributed by atoms with Gasteiger partial charge in [-0.3, -0.25) is 4.79 Å². The Balaban J connectivity index is 2.09. The molecule has 1 fully saturated rings. The maximum atomic E-state index is 12.8. The third kappa shape index (κ3) is 3.32. The zero-order valence-corrected chi connectivity index (χ0v) is 11.3.